The Kier molecular flexibility index (Phi) is 4.42. The second-order valence-corrected chi connectivity index (χ2v) is 5.44. The summed E-state index contributed by atoms with van der Waals surface area (Å²) in [5.41, 5.74) is 5.82. The van der Waals surface area contributed by atoms with E-state index in [4.69, 9.17) is 5.84 Å². The number of nitrogens with zero attached hydrogens (tertiary/aromatic N) is 4. The maximum absolute atomic E-state index is 5.54. The predicted molar refractivity (Wildman–Crippen MR) is 83.9 cm³/mol. The van der Waals surface area contributed by atoms with Crippen molar-refractivity contribution < 1.29 is 0 Å². The van der Waals surface area contributed by atoms with E-state index in [1.807, 2.05) is 31.8 Å². The third-order valence-corrected chi connectivity index (χ3v) is 3.60. The Morgan fingerprint density at radius 2 is 1.90 bits per heavy atom. The minimum Gasteiger partial charge on any atom is -0.365 e. The van der Waals surface area contributed by atoms with Crippen LogP contribution in [0.3, 0.4) is 0 Å². The maximum Gasteiger partial charge on any atom is 0.148 e. The quantitative estimate of drug-likeness (QED) is 0.574. The van der Waals surface area contributed by atoms with Crippen LogP contribution in [0.4, 0.5) is 11.6 Å². The van der Waals surface area contributed by atoms with Crippen molar-refractivity contribution in [2.45, 2.75) is 40.2 Å². The van der Waals surface area contributed by atoms with Crippen molar-refractivity contribution >= 4 is 11.6 Å². The molecule has 0 spiro atoms. The van der Waals surface area contributed by atoms with Gasteiger partial charge in [-0.1, -0.05) is 13.8 Å². The summed E-state index contributed by atoms with van der Waals surface area (Å²) in [4.78, 5) is 9.01. The third-order valence-electron chi connectivity index (χ3n) is 3.60. The number of anilines is 2. The summed E-state index contributed by atoms with van der Waals surface area (Å²) in [7, 11) is 1.93. The first-order valence-electron chi connectivity index (χ1n) is 7.00. The van der Waals surface area contributed by atoms with Crippen LogP contribution in [-0.4, -0.2) is 19.7 Å². The summed E-state index contributed by atoms with van der Waals surface area (Å²) < 4.78 is 1.86. The molecule has 0 amide bonds. The van der Waals surface area contributed by atoms with Crippen LogP contribution in [-0.2, 0) is 13.6 Å². The zero-order valence-corrected chi connectivity index (χ0v) is 13.2. The highest BCUT2D eigenvalue weighted by atomic mass is 15.3. The molecule has 7 nitrogen and oxygen atoms in total. The van der Waals surface area contributed by atoms with Crippen LogP contribution >= 0.6 is 0 Å². The molecule has 0 unspecified atom stereocenters. The molecule has 21 heavy (non-hydrogen) atoms. The van der Waals surface area contributed by atoms with Crippen molar-refractivity contribution in [1.29, 1.82) is 0 Å². The van der Waals surface area contributed by atoms with Gasteiger partial charge in [0.05, 0.1) is 6.20 Å². The molecule has 7 heteroatoms. The topological polar surface area (TPSA) is 93.7 Å². The van der Waals surface area contributed by atoms with Crippen molar-refractivity contribution in [2.24, 2.45) is 12.9 Å². The summed E-state index contributed by atoms with van der Waals surface area (Å²) in [6.45, 7) is 8.76. The molecule has 0 aliphatic heterocycles. The van der Waals surface area contributed by atoms with Gasteiger partial charge in [0.2, 0.25) is 0 Å². The summed E-state index contributed by atoms with van der Waals surface area (Å²) >= 11 is 0. The molecule has 0 saturated heterocycles. The van der Waals surface area contributed by atoms with E-state index >= 15 is 0 Å². The Labute approximate surface area is 124 Å². The van der Waals surface area contributed by atoms with Gasteiger partial charge in [-0.05, 0) is 13.8 Å². The summed E-state index contributed by atoms with van der Waals surface area (Å²) in [5.74, 6) is 7.99. The van der Waals surface area contributed by atoms with Crippen LogP contribution < -0.4 is 16.6 Å². The monoisotopic (exact) mass is 289 g/mol. The first kappa shape index (κ1) is 15.2. The lowest BCUT2D eigenvalue weighted by atomic mass is 10.2. The molecule has 114 valence electrons. The molecule has 0 bridgehead atoms. The van der Waals surface area contributed by atoms with E-state index in [2.05, 4.69) is 39.7 Å². The van der Waals surface area contributed by atoms with Gasteiger partial charge in [0.25, 0.3) is 0 Å². The number of hydrogen-bond acceptors (Lipinski definition) is 6. The van der Waals surface area contributed by atoms with Gasteiger partial charge in [-0.25, -0.2) is 15.8 Å². The number of rotatable bonds is 5. The highest BCUT2D eigenvalue weighted by Gasteiger charge is 2.13. The van der Waals surface area contributed by atoms with E-state index in [0.29, 0.717) is 12.4 Å². The van der Waals surface area contributed by atoms with Gasteiger partial charge in [0, 0.05) is 36.3 Å². The van der Waals surface area contributed by atoms with Gasteiger partial charge >= 0.3 is 0 Å². The van der Waals surface area contributed by atoms with E-state index in [9.17, 15) is 0 Å². The van der Waals surface area contributed by atoms with Gasteiger partial charge in [-0.3, -0.25) is 4.68 Å². The first-order valence-corrected chi connectivity index (χ1v) is 7.00. The van der Waals surface area contributed by atoms with Gasteiger partial charge in [0.1, 0.15) is 17.5 Å². The van der Waals surface area contributed by atoms with E-state index in [0.717, 1.165) is 28.5 Å². The molecule has 4 N–H and O–H groups in total. The van der Waals surface area contributed by atoms with Crippen LogP contribution in [0.1, 0.15) is 42.4 Å². The lowest BCUT2D eigenvalue weighted by Gasteiger charge is -2.15. The van der Waals surface area contributed by atoms with E-state index in [1.54, 1.807) is 0 Å². The Hall–Kier alpha value is -2.15. The molecule has 0 atom stereocenters. The fourth-order valence-corrected chi connectivity index (χ4v) is 2.00. The molecule has 0 fully saturated rings. The molecular formula is C14H23N7. The van der Waals surface area contributed by atoms with E-state index in [1.165, 1.54) is 0 Å². The lowest BCUT2D eigenvalue weighted by molar-refractivity contribution is 0.738. The maximum atomic E-state index is 5.54. The molecule has 2 heterocycles. The number of hydrazine groups is 1. The van der Waals surface area contributed by atoms with Crippen molar-refractivity contribution in [3.63, 3.8) is 0 Å². The number of nitrogens with one attached hydrogen (secondary N) is 2. The van der Waals surface area contributed by atoms with E-state index < -0.39 is 0 Å². The molecule has 0 aliphatic carbocycles. The zero-order valence-electron chi connectivity index (χ0n) is 13.2. The Balaban J connectivity index is 2.26. The SMILES string of the molecule is Cc1c(NN)nc(C(C)C)nc1NCc1cnn(C)c1C. The zero-order chi connectivity index (χ0) is 15.6. The molecule has 0 aliphatic rings. The minimum atomic E-state index is 0.235. The molecule has 2 aromatic heterocycles. The second-order valence-electron chi connectivity index (χ2n) is 5.44. The van der Waals surface area contributed by atoms with Gasteiger partial charge < -0.3 is 10.7 Å². The average molecular weight is 289 g/mol. The smallest absolute Gasteiger partial charge is 0.148 e. The lowest BCUT2D eigenvalue weighted by Crippen LogP contribution is -2.15. The van der Waals surface area contributed by atoms with Crippen LogP contribution in [0.15, 0.2) is 6.20 Å². The van der Waals surface area contributed by atoms with E-state index in [-0.39, 0.29) is 5.92 Å². The summed E-state index contributed by atoms with van der Waals surface area (Å²) in [5, 5.41) is 7.60. The fourth-order valence-electron chi connectivity index (χ4n) is 2.00. The number of aryl methyl sites for hydroxylation is 1. The average Bonchev–Trinajstić information content (AvgIpc) is 2.77. The molecule has 2 rings (SSSR count). The van der Waals surface area contributed by atoms with Crippen LogP contribution in [0, 0.1) is 13.8 Å². The van der Waals surface area contributed by atoms with Crippen molar-refractivity contribution in [2.75, 3.05) is 10.7 Å². The predicted octanol–water partition coefficient (Wildman–Crippen LogP) is 1.85. The van der Waals surface area contributed by atoms with Gasteiger partial charge in [-0.2, -0.15) is 5.10 Å². The second kappa shape index (κ2) is 6.09. The first-order chi connectivity index (χ1) is 9.93. The highest BCUT2D eigenvalue weighted by Crippen LogP contribution is 2.23. The summed E-state index contributed by atoms with van der Waals surface area (Å²) in [6, 6.07) is 0. The molecule has 0 saturated carbocycles. The standard InChI is InChI=1S/C14H23N7/c1-8(2)12-18-13(9(3)14(19-12)20-15)16-6-11-7-17-21(5)10(11)4/h7-8H,6,15H2,1-5H3,(H2,16,18,19,20). The van der Waals surface area contributed by atoms with Crippen molar-refractivity contribution in [3.8, 4) is 0 Å². The molecule has 2 aromatic rings. The normalized spacial score (nSPS) is 11.0. The van der Waals surface area contributed by atoms with Gasteiger partial charge in [-0.15, -0.1) is 0 Å². The van der Waals surface area contributed by atoms with Crippen LogP contribution in [0.2, 0.25) is 0 Å². The minimum absolute atomic E-state index is 0.235. The molecule has 0 radical (unpaired) electrons. The molecular weight excluding hydrogens is 266 g/mol. The number of hydrogen-bond donors (Lipinski definition) is 3. The highest BCUT2D eigenvalue weighted by molar-refractivity contribution is 5.57. The Morgan fingerprint density at radius 1 is 1.24 bits per heavy atom. The largest absolute Gasteiger partial charge is 0.365 e. The number of nitrogen functional groups attached to an aromatic ring is 1. The third kappa shape index (κ3) is 3.13. The number of nitrogens with two attached hydrogens (primary N) is 1. The molecule has 0 aromatic carbocycles. The van der Waals surface area contributed by atoms with Crippen molar-refractivity contribution in [1.82, 2.24) is 19.7 Å². The Morgan fingerprint density at radius 3 is 2.43 bits per heavy atom. The van der Waals surface area contributed by atoms with Crippen LogP contribution in [0.5, 0.6) is 0 Å². The van der Waals surface area contributed by atoms with Crippen LogP contribution in [0.25, 0.3) is 0 Å². The Bertz CT molecular complexity index is 630. The number of aromatic nitrogens is 4. The van der Waals surface area contributed by atoms with Gasteiger partial charge in [0.15, 0.2) is 0 Å². The summed E-state index contributed by atoms with van der Waals surface area (Å²) in [6.07, 6.45) is 1.87. The fraction of sp³-hybridized carbons (Fsp3) is 0.500. The van der Waals surface area contributed by atoms with Crippen molar-refractivity contribution in [3.05, 3.63) is 28.8 Å².